The molecule has 7 heteroatoms. The van der Waals surface area contributed by atoms with Gasteiger partial charge in [-0.1, -0.05) is 0 Å². The van der Waals surface area contributed by atoms with Gasteiger partial charge in [-0.2, -0.15) is 0 Å². The molecular weight excluding hydrogens is 204 g/mol. The first kappa shape index (κ1) is 11.4. The molecule has 0 saturated carbocycles. The molecule has 1 rings (SSSR count). The van der Waals surface area contributed by atoms with Crippen LogP contribution in [0.1, 0.15) is 19.8 Å². The van der Waals surface area contributed by atoms with E-state index >= 15 is 0 Å². The highest BCUT2D eigenvalue weighted by Crippen LogP contribution is 2.11. The smallest absolute Gasteiger partial charge is 0.232 e. The molecule has 2 atom stereocenters. The van der Waals surface area contributed by atoms with Gasteiger partial charge in [0, 0.05) is 17.8 Å². The largest absolute Gasteiger partial charge is 0.546 e. The van der Waals surface area contributed by atoms with Crippen LogP contribution in [0.2, 0.25) is 0 Å². The summed E-state index contributed by atoms with van der Waals surface area (Å²) in [5.74, 6) is -1.07. The van der Waals surface area contributed by atoms with Gasteiger partial charge in [0.05, 0.1) is 5.97 Å². The first-order chi connectivity index (χ1) is 7.00. The lowest BCUT2D eigenvalue weighted by Gasteiger charge is -2.20. The number of ether oxygens (including phenoxy) is 1. The van der Waals surface area contributed by atoms with Crippen LogP contribution in [0.5, 0.6) is 0 Å². The second-order valence-electron chi connectivity index (χ2n) is 3.29. The highest BCUT2D eigenvalue weighted by atomic mass is 16.6. The molecule has 1 heterocycles. The molecule has 0 aromatic heterocycles. The van der Waals surface area contributed by atoms with Crippen molar-refractivity contribution in [2.24, 2.45) is 4.99 Å². The summed E-state index contributed by atoms with van der Waals surface area (Å²) in [6, 6.07) is -0.685. The highest BCUT2D eigenvalue weighted by molar-refractivity contribution is 5.80. The summed E-state index contributed by atoms with van der Waals surface area (Å²) in [7, 11) is 0. The molecule has 1 aliphatic heterocycles. The van der Waals surface area contributed by atoms with Crippen LogP contribution in [-0.4, -0.2) is 35.5 Å². The molecule has 0 N–H and O–H groups in total. The van der Waals surface area contributed by atoms with Crippen LogP contribution in [-0.2, 0) is 9.53 Å². The van der Waals surface area contributed by atoms with Crippen LogP contribution >= 0.6 is 0 Å². The molecule has 0 bridgehead atoms. The van der Waals surface area contributed by atoms with E-state index in [1.807, 2.05) is 0 Å². The molecule has 0 aliphatic carbocycles. The molecule has 0 radical (unpaired) electrons. The molecule has 84 valence electrons. The van der Waals surface area contributed by atoms with Crippen LogP contribution < -0.4 is 5.11 Å². The van der Waals surface area contributed by atoms with Gasteiger partial charge in [-0.25, -0.2) is 4.99 Å². The average molecular weight is 215 g/mol. The van der Waals surface area contributed by atoms with Crippen LogP contribution in [0.15, 0.2) is 4.99 Å². The number of aliphatic carboxylic acids is 1. The number of aliphatic imine (C=N–C) groups is 1. The fourth-order valence-electron chi connectivity index (χ4n) is 1.19. The minimum absolute atomic E-state index is 0.0438. The van der Waals surface area contributed by atoms with E-state index in [0.717, 1.165) is 0 Å². The zero-order valence-corrected chi connectivity index (χ0v) is 8.21. The second kappa shape index (κ2) is 4.72. The molecule has 0 amide bonds. The summed E-state index contributed by atoms with van der Waals surface area (Å²) in [6.45, 7) is 1.37. The Kier molecular flexibility index (Phi) is 3.59. The number of hydrogen-bond donors (Lipinski definition) is 0. The normalized spacial score (nSPS) is 22.7. The lowest BCUT2D eigenvalue weighted by Crippen LogP contribution is -2.38. The molecule has 0 aromatic rings. The van der Waals surface area contributed by atoms with E-state index in [2.05, 4.69) is 4.99 Å². The van der Waals surface area contributed by atoms with Crippen molar-refractivity contribution in [1.82, 2.24) is 0 Å². The van der Waals surface area contributed by atoms with Crippen molar-refractivity contribution in [3.8, 4) is 0 Å². The van der Waals surface area contributed by atoms with Gasteiger partial charge in [0.25, 0.3) is 0 Å². The number of carbonyl (C=O) groups excluding carboxylic acids is 1. The maximum Gasteiger partial charge on any atom is 0.232 e. The summed E-state index contributed by atoms with van der Waals surface area (Å²) in [5.41, 5.74) is 0. The molecule has 0 spiro atoms. The Morgan fingerprint density at radius 3 is 2.80 bits per heavy atom. The number of carboxylic acids is 1. The topological polar surface area (TPSA) is 105 Å². The Labute approximate surface area is 85.9 Å². The summed E-state index contributed by atoms with van der Waals surface area (Å²) >= 11 is 0. The number of rotatable bonds is 3. The number of carbonyl (C=O) groups is 1. The third kappa shape index (κ3) is 3.19. The van der Waals surface area contributed by atoms with Crippen molar-refractivity contribution in [1.29, 1.82) is 0 Å². The number of hydrogen-bond acceptors (Lipinski definition) is 6. The van der Waals surface area contributed by atoms with Gasteiger partial charge in [0.15, 0.2) is 5.90 Å². The van der Waals surface area contributed by atoms with E-state index < -0.39 is 18.1 Å². The number of nitro groups is 1. The molecule has 0 saturated heterocycles. The first-order valence-corrected chi connectivity index (χ1v) is 4.55. The fourth-order valence-corrected chi connectivity index (χ4v) is 1.19. The Hall–Kier alpha value is -1.66. The standard InChI is InChI=1S/C8H12N2O5/c1-5(8(11)12)15-7-3-2-6(4-9-7)10(13)14/h5-6H,2-4H2,1H3,(H,11,12)/p-1. The Morgan fingerprint density at radius 1 is 1.73 bits per heavy atom. The van der Waals surface area contributed by atoms with Gasteiger partial charge in [-0.05, 0) is 6.92 Å². The van der Waals surface area contributed by atoms with E-state index in [0.29, 0.717) is 12.8 Å². The molecule has 1 aliphatic rings. The van der Waals surface area contributed by atoms with Gasteiger partial charge < -0.3 is 14.6 Å². The molecule has 15 heavy (non-hydrogen) atoms. The fraction of sp³-hybridized carbons (Fsp3) is 0.750. The predicted octanol–water partition coefficient (Wildman–Crippen LogP) is -1.02. The van der Waals surface area contributed by atoms with E-state index in [4.69, 9.17) is 4.74 Å². The van der Waals surface area contributed by atoms with E-state index in [-0.39, 0.29) is 17.4 Å². The van der Waals surface area contributed by atoms with Gasteiger partial charge in [0.1, 0.15) is 12.6 Å². The lowest BCUT2D eigenvalue weighted by atomic mass is 10.1. The highest BCUT2D eigenvalue weighted by Gasteiger charge is 2.25. The summed E-state index contributed by atoms with van der Waals surface area (Å²) in [6.07, 6.45) is -0.453. The van der Waals surface area contributed by atoms with Crippen molar-refractivity contribution in [3.63, 3.8) is 0 Å². The average Bonchev–Trinajstić information content (AvgIpc) is 2.18. The Bertz CT molecular complexity index is 301. The van der Waals surface area contributed by atoms with Gasteiger partial charge >= 0.3 is 0 Å². The number of nitrogens with zero attached hydrogens (tertiary/aromatic N) is 2. The minimum Gasteiger partial charge on any atom is -0.546 e. The maximum absolute atomic E-state index is 10.4. The summed E-state index contributed by atoms with van der Waals surface area (Å²) in [4.78, 5) is 24.2. The zero-order chi connectivity index (χ0) is 11.4. The number of carboxylic acid groups (broad SMARTS) is 1. The monoisotopic (exact) mass is 215 g/mol. The van der Waals surface area contributed by atoms with Gasteiger partial charge in [-0.3, -0.25) is 10.1 Å². The third-order valence-electron chi connectivity index (χ3n) is 2.11. The first-order valence-electron chi connectivity index (χ1n) is 4.55. The van der Waals surface area contributed by atoms with E-state index in [1.54, 1.807) is 0 Å². The zero-order valence-electron chi connectivity index (χ0n) is 8.21. The summed E-state index contributed by atoms with van der Waals surface area (Å²) in [5, 5.41) is 20.7. The van der Waals surface area contributed by atoms with E-state index in [9.17, 15) is 20.0 Å². The quantitative estimate of drug-likeness (QED) is 0.442. The van der Waals surface area contributed by atoms with Crippen LogP contribution in [0.4, 0.5) is 0 Å². The SMILES string of the molecule is CC(OC1=NCC([N+](=O)[O-])CC1)C(=O)[O-]. The van der Waals surface area contributed by atoms with E-state index in [1.165, 1.54) is 6.92 Å². The minimum atomic E-state index is -1.32. The lowest BCUT2D eigenvalue weighted by molar-refractivity contribution is -0.520. The van der Waals surface area contributed by atoms with Gasteiger partial charge in [0.2, 0.25) is 6.04 Å². The third-order valence-corrected chi connectivity index (χ3v) is 2.11. The molecular formula is C8H11N2O5-. The van der Waals surface area contributed by atoms with Crippen LogP contribution in [0, 0.1) is 10.1 Å². The Morgan fingerprint density at radius 2 is 2.40 bits per heavy atom. The molecule has 0 fully saturated rings. The molecule has 0 aromatic carbocycles. The van der Waals surface area contributed by atoms with Crippen molar-refractivity contribution < 1.29 is 19.6 Å². The Balaban J connectivity index is 2.47. The van der Waals surface area contributed by atoms with Crippen LogP contribution in [0.25, 0.3) is 0 Å². The second-order valence-corrected chi connectivity index (χ2v) is 3.29. The maximum atomic E-state index is 10.4. The van der Waals surface area contributed by atoms with Crippen molar-refractivity contribution >= 4 is 11.9 Å². The summed E-state index contributed by atoms with van der Waals surface area (Å²) < 4.78 is 4.95. The van der Waals surface area contributed by atoms with Crippen molar-refractivity contribution in [2.45, 2.75) is 31.9 Å². The van der Waals surface area contributed by atoms with Crippen LogP contribution in [0.3, 0.4) is 0 Å². The van der Waals surface area contributed by atoms with Gasteiger partial charge in [-0.15, -0.1) is 0 Å². The predicted molar refractivity (Wildman–Crippen MR) is 47.9 cm³/mol. The molecule has 7 nitrogen and oxygen atoms in total. The van der Waals surface area contributed by atoms with Crippen molar-refractivity contribution in [3.05, 3.63) is 10.1 Å². The van der Waals surface area contributed by atoms with Crippen molar-refractivity contribution in [2.75, 3.05) is 6.54 Å². The molecule has 2 unspecified atom stereocenters.